The molecule has 1 N–H and O–H groups in total. The third-order valence-corrected chi connectivity index (χ3v) is 10.9. The molecule has 0 saturated carbocycles. The molecular weight excluding hydrogens is 731 g/mol. The maximum absolute atomic E-state index is 13.5. The topological polar surface area (TPSA) is 102 Å². The first-order chi connectivity index (χ1) is 26.2. The van der Waals surface area contributed by atoms with Crippen LogP contribution in [0.1, 0.15) is 83.1 Å². The van der Waals surface area contributed by atoms with Gasteiger partial charge in [-0.25, -0.2) is 9.97 Å². The van der Waals surface area contributed by atoms with Gasteiger partial charge in [-0.15, -0.1) is 0 Å². The number of nitrogens with zero attached hydrogens (tertiary/aromatic N) is 5. The zero-order chi connectivity index (χ0) is 39.3. The van der Waals surface area contributed by atoms with Gasteiger partial charge in [0.05, 0.1) is 33.2 Å². The van der Waals surface area contributed by atoms with E-state index in [1.54, 1.807) is 51.3 Å². The SMILES string of the molecule is CC(=O)N1CC(C)Cc2c1ccc1c(=O)n(-c3ccc(Cl)cc3)c(C(C)C)nc21.CC1CNc2ccc3c(=O)n(-c4ccc(Cl)cc4)c(C(C)C)nc3c2C1. The molecule has 11 heteroatoms. The normalized spacial score (nSPS) is 16.5. The summed E-state index contributed by atoms with van der Waals surface area (Å²) < 4.78 is 3.39. The minimum absolute atomic E-state index is 0.00994. The Hall–Kier alpha value is -4.99. The lowest BCUT2D eigenvalue weighted by molar-refractivity contribution is -0.116. The Morgan fingerprint density at radius 3 is 1.65 bits per heavy atom. The van der Waals surface area contributed by atoms with Crippen LogP contribution in [0, 0.1) is 11.8 Å². The lowest BCUT2D eigenvalue weighted by Gasteiger charge is -2.33. The maximum atomic E-state index is 13.5. The maximum Gasteiger partial charge on any atom is 0.265 e. The van der Waals surface area contributed by atoms with E-state index in [9.17, 15) is 14.4 Å². The number of carbonyl (C=O) groups is 1. The van der Waals surface area contributed by atoms with Crippen molar-refractivity contribution in [3.05, 3.63) is 126 Å². The number of amides is 1. The summed E-state index contributed by atoms with van der Waals surface area (Å²) in [5, 5.41) is 5.97. The Balaban J connectivity index is 0.000000170. The van der Waals surface area contributed by atoms with Crippen molar-refractivity contribution in [1.82, 2.24) is 19.1 Å². The van der Waals surface area contributed by atoms with Crippen LogP contribution in [0.3, 0.4) is 0 Å². The molecule has 2 aliphatic rings. The molecular formula is C44H46Cl2N6O3. The summed E-state index contributed by atoms with van der Waals surface area (Å²) in [6, 6.07) is 22.1. The van der Waals surface area contributed by atoms with Gasteiger partial charge in [0.2, 0.25) is 5.91 Å². The lowest BCUT2D eigenvalue weighted by Crippen LogP contribution is -2.38. The summed E-state index contributed by atoms with van der Waals surface area (Å²) in [6.45, 7) is 15.7. The minimum atomic E-state index is -0.101. The monoisotopic (exact) mass is 776 g/mol. The summed E-state index contributed by atoms with van der Waals surface area (Å²) in [4.78, 5) is 50.8. The molecule has 0 fully saturated rings. The quantitative estimate of drug-likeness (QED) is 0.191. The van der Waals surface area contributed by atoms with Crippen molar-refractivity contribution in [3.8, 4) is 11.4 Å². The third kappa shape index (κ3) is 7.28. The molecule has 8 rings (SSSR count). The first-order valence-electron chi connectivity index (χ1n) is 18.9. The molecule has 0 radical (unpaired) electrons. The zero-order valence-corrected chi connectivity index (χ0v) is 33.8. The molecule has 0 spiro atoms. The van der Waals surface area contributed by atoms with E-state index < -0.39 is 0 Å². The Morgan fingerprint density at radius 1 is 0.691 bits per heavy atom. The molecule has 9 nitrogen and oxygen atoms in total. The molecule has 2 atom stereocenters. The van der Waals surface area contributed by atoms with E-state index in [0.29, 0.717) is 50.5 Å². The fourth-order valence-corrected chi connectivity index (χ4v) is 8.00. The van der Waals surface area contributed by atoms with Crippen molar-refractivity contribution >= 4 is 62.3 Å². The largest absolute Gasteiger partial charge is 0.384 e. The van der Waals surface area contributed by atoms with Gasteiger partial charge in [0.1, 0.15) is 11.6 Å². The Bertz CT molecular complexity index is 2560. The summed E-state index contributed by atoms with van der Waals surface area (Å²) in [5.41, 5.74) is 7.06. The molecule has 0 aliphatic carbocycles. The molecule has 6 aromatic rings. The highest BCUT2D eigenvalue weighted by molar-refractivity contribution is 6.30. The number of carbonyl (C=O) groups excluding carboxylic acids is 1. The van der Waals surface area contributed by atoms with Gasteiger partial charge in [-0.1, -0.05) is 64.7 Å². The summed E-state index contributed by atoms with van der Waals surface area (Å²) >= 11 is 12.1. The van der Waals surface area contributed by atoms with Crippen LogP contribution in [0.25, 0.3) is 33.2 Å². The van der Waals surface area contributed by atoms with Gasteiger partial charge in [0.25, 0.3) is 11.1 Å². The molecule has 0 bridgehead atoms. The predicted octanol–water partition coefficient (Wildman–Crippen LogP) is 9.47. The van der Waals surface area contributed by atoms with Crippen molar-refractivity contribution in [1.29, 1.82) is 0 Å². The van der Waals surface area contributed by atoms with Gasteiger partial charge < -0.3 is 10.2 Å². The second-order valence-electron chi connectivity index (χ2n) is 15.6. The zero-order valence-electron chi connectivity index (χ0n) is 32.3. The fraction of sp³-hybridized carbons (Fsp3) is 0.341. The number of halogens is 2. The number of benzene rings is 4. The van der Waals surface area contributed by atoms with Gasteiger partial charge in [-0.05, 0) is 97.5 Å². The number of hydrogen-bond acceptors (Lipinski definition) is 6. The molecule has 4 aromatic carbocycles. The number of aromatic nitrogens is 4. The highest BCUT2D eigenvalue weighted by Crippen LogP contribution is 2.35. The second-order valence-corrected chi connectivity index (χ2v) is 16.4. The van der Waals surface area contributed by atoms with E-state index in [2.05, 4.69) is 33.0 Å². The van der Waals surface area contributed by atoms with Crippen LogP contribution in [0.2, 0.25) is 10.0 Å². The van der Waals surface area contributed by atoms with Gasteiger partial charge >= 0.3 is 0 Å². The molecule has 2 aromatic heterocycles. The van der Waals surface area contributed by atoms with Crippen molar-refractivity contribution in [3.63, 3.8) is 0 Å². The number of hydrogen-bond donors (Lipinski definition) is 1. The fourth-order valence-electron chi connectivity index (χ4n) is 7.75. The van der Waals surface area contributed by atoms with Crippen molar-refractivity contribution in [2.45, 2.75) is 73.1 Å². The van der Waals surface area contributed by atoms with E-state index in [4.69, 9.17) is 33.2 Å². The van der Waals surface area contributed by atoms with E-state index in [0.717, 1.165) is 64.6 Å². The summed E-state index contributed by atoms with van der Waals surface area (Å²) in [7, 11) is 0. The molecule has 2 unspecified atom stereocenters. The van der Waals surface area contributed by atoms with E-state index in [-0.39, 0.29) is 28.9 Å². The summed E-state index contributed by atoms with van der Waals surface area (Å²) in [6.07, 6.45) is 1.74. The Morgan fingerprint density at radius 2 is 1.16 bits per heavy atom. The summed E-state index contributed by atoms with van der Waals surface area (Å²) in [5.74, 6) is 2.48. The molecule has 0 saturated heterocycles. The van der Waals surface area contributed by atoms with Crippen LogP contribution >= 0.6 is 23.2 Å². The van der Waals surface area contributed by atoms with Crippen molar-refractivity contribution in [2.24, 2.45) is 11.8 Å². The van der Waals surface area contributed by atoms with Crippen LogP contribution in [-0.2, 0) is 17.6 Å². The number of nitrogens with one attached hydrogen (secondary N) is 1. The van der Waals surface area contributed by atoms with Gasteiger partial charge in [0, 0.05) is 64.4 Å². The highest BCUT2D eigenvalue weighted by atomic mass is 35.5. The van der Waals surface area contributed by atoms with Gasteiger partial charge in [0.15, 0.2) is 0 Å². The van der Waals surface area contributed by atoms with Gasteiger partial charge in [-0.3, -0.25) is 23.5 Å². The van der Waals surface area contributed by atoms with E-state index in [1.807, 2.05) is 56.3 Å². The van der Waals surface area contributed by atoms with Crippen LogP contribution in [0.5, 0.6) is 0 Å². The smallest absolute Gasteiger partial charge is 0.265 e. The molecule has 284 valence electrons. The van der Waals surface area contributed by atoms with Gasteiger partial charge in [-0.2, -0.15) is 0 Å². The minimum Gasteiger partial charge on any atom is -0.384 e. The number of anilines is 2. The molecule has 2 aliphatic heterocycles. The molecule has 4 heterocycles. The Labute approximate surface area is 330 Å². The predicted molar refractivity (Wildman–Crippen MR) is 225 cm³/mol. The lowest BCUT2D eigenvalue weighted by atomic mass is 9.91. The van der Waals surface area contributed by atoms with Crippen molar-refractivity contribution in [2.75, 3.05) is 23.3 Å². The average Bonchev–Trinajstić information content (AvgIpc) is 3.15. The highest BCUT2D eigenvalue weighted by Gasteiger charge is 2.28. The first-order valence-corrected chi connectivity index (χ1v) is 19.7. The average molecular weight is 778 g/mol. The van der Waals surface area contributed by atoms with E-state index >= 15 is 0 Å². The number of fused-ring (bicyclic) bond motifs is 6. The first kappa shape index (κ1) is 38.3. The third-order valence-electron chi connectivity index (χ3n) is 10.4. The molecule has 1 amide bonds. The van der Waals surface area contributed by atoms with E-state index in [1.165, 1.54) is 0 Å². The van der Waals surface area contributed by atoms with Crippen LogP contribution in [-0.4, -0.2) is 38.1 Å². The molecule has 55 heavy (non-hydrogen) atoms. The second kappa shape index (κ2) is 15.3. The van der Waals surface area contributed by atoms with Crippen LogP contribution in [0.4, 0.5) is 11.4 Å². The standard InChI is InChI=1S/C23H24ClN3O2.C21H22ClN3O/c1-13(2)22-25-21-18(23(29)27(22)17-7-5-16(24)6-8-17)9-10-20-19(21)11-14(3)12-26(20)15(4)28;1-12(2)20-24-19-16(8-9-18-17(19)10-13(3)11-23-18)21(26)25(20)15-6-4-14(22)5-7-15/h5-10,13-14H,11-12H2,1-4H3;4-9,12-13,23H,10-11H2,1-3H3. The Kier molecular flexibility index (Phi) is 10.6. The number of rotatable bonds is 4. The van der Waals surface area contributed by atoms with Crippen LogP contribution in [0.15, 0.2) is 82.4 Å². The van der Waals surface area contributed by atoms with Crippen LogP contribution < -0.4 is 21.3 Å². The van der Waals surface area contributed by atoms with Crippen molar-refractivity contribution < 1.29 is 4.79 Å².